The van der Waals surface area contributed by atoms with E-state index in [2.05, 4.69) is 160 Å². The molecule has 4 aliphatic rings. The second-order valence-electron chi connectivity index (χ2n) is 16.4. The number of allylic oxidation sites excluding steroid dienone is 4. The summed E-state index contributed by atoms with van der Waals surface area (Å²) >= 11 is -11.4. The molecule has 258 valence electrons. The van der Waals surface area contributed by atoms with Crippen LogP contribution < -0.4 is 0 Å². The molecule has 4 aromatic carbocycles. The van der Waals surface area contributed by atoms with Crippen LogP contribution in [-0.4, -0.2) is 13.3 Å². The van der Waals surface area contributed by atoms with Gasteiger partial charge in [0.25, 0.3) is 0 Å². The van der Waals surface area contributed by atoms with Gasteiger partial charge in [-0.05, 0) is 0 Å². The summed E-state index contributed by atoms with van der Waals surface area (Å²) in [6, 6.07) is 37.4. The molecule has 0 bridgehead atoms. The summed E-state index contributed by atoms with van der Waals surface area (Å²) in [6.07, 6.45) is 18.8. The molecule has 0 saturated carbocycles. The zero-order valence-electron chi connectivity index (χ0n) is 28.9. The first-order valence-electron chi connectivity index (χ1n) is 18.5. The zero-order chi connectivity index (χ0) is 35.0. The number of benzene rings is 4. The minimum absolute atomic E-state index is 0.0208. The van der Waals surface area contributed by atoms with E-state index in [1.807, 2.05) is 0 Å². The average Bonchev–Trinajstić information content (AvgIpc) is 3.93. The van der Waals surface area contributed by atoms with Gasteiger partial charge in [-0.15, -0.1) is 0 Å². The Balaban J connectivity index is 1.42. The van der Waals surface area contributed by atoms with Crippen LogP contribution in [0.25, 0.3) is 24.3 Å². The Hall–Kier alpha value is -0.800. The van der Waals surface area contributed by atoms with Crippen molar-refractivity contribution in [3.63, 3.8) is 0 Å². The monoisotopic (exact) mass is 926 g/mol. The molecule has 4 aromatic rings. The molecule has 0 saturated heterocycles. The zero-order valence-corrected chi connectivity index (χ0v) is 39.7. The Morgan fingerprint density at radius 3 is 0.900 bits per heavy atom. The molecular formula is C42H46Cl4Si2Zr2. The fourth-order valence-electron chi connectivity index (χ4n) is 11.6. The van der Waals surface area contributed by atoms with E-state index in [0.717, 1.165) is 20.3 Å². The van der Waals surface area contributed by atoms with E-state index in [1.165, 1.54) is 44.5 Å². The molecule has 0 nitrogen and oxygen atoms in total. The van der Waals surface area contributed by atoms with Crippen LogP contribution in [0.2, 0.25) is 20.3 Å². The van der Waals surface area contributed by atoms with Crippen LogP contribution in [0.1, 0.15) is 72.9 Å². The van der Waals surface area contributed by atoms with Crippen molar-refractivity contribution in [3.05, 3.63) is 166 Å². The van der Waals surface area contributed by atoms with Crippen molar-refractivity contribution in [3.8, 4) is 0 Å². The summed E-state index contributed by atoms with van der Waals surface area (Å²) in [5.41, 5.74) is 10.2. The van der Waals surface area contributed by atoms with Crippen LogP contribution in [0.15, 0.2) is 121 Å². The maximum absolute atomic E-state index is 9.19. The van der Waals surface area contributed by atoms with Gasteiger partial charge in [-0.3, -0.25) is 0 Å². The average molecular weight is 931 g/mol. The molecule has 8 heteroatoms. The number of hydrogen-bond acceptors (Lipinski definition) is 0. The van der Waals surface area contributed by atoms with Gasteiger partial charge in [0, 0.05) is 0 Å². The second kappa shape index (κ2) is 11.8. The quantitative estimate of drug-likeness (QED) is 0.132. The Kier molecular flexibility index (Phi) is 8.58. The molecule has 0 heterocycles. The number of halogens is 4. The van der Waals surface area contributed by atoms with E-state index in [-0.39, 0.29) is 14.5 Å². The van der Waals surface area contributed by atoms with Crippen LogP contribution in [0.4, 0.5) is 0 Å². The molecule has 4 atom stereocenters. The van der Waals surface area contributed by atoms with E-state index in [1.54, 1.807) is 0 Å². The molecule has 8 rings (SSSR count). The maximum atomic E-state index is 9.19. The number of hydrogen-bond donors (Lipinski definition) is 0. The van der Waals surface area contributed by atoms with Gasteiger partial charge >= 0.3 is 314 Å². The molecule has 0 radical (unpaired) electrons. The molecule has 0 N–H and O–H groups in total. The van der Waals surface area contributed by atoms with E-state index in [4.69, 9.17) is 0 Å². The van der Waals surface area contributed by atoms with E-state index < -0.39 is 41.4 Å². The normalized spacial score (nSPS) is 24.7. The summed E-state index contributed by atoms with van der Waals surface area (Å²) in [5, 5.41) is 0. The van der Waals surface area contributed by atoms with Crippen molar-refractivity contribution in [2.24, 2.45) is 0 Å². The van der Waals surface area contributed by atoms with Crippen molar-refractivity contribution >= 4 is 71.6 Å². The molecular weight excluding hydrogens is 885 g/mol. The van der Waals surface area contributed by atoms with Gasteiger partial charge in [0.2, 0.25) is 0 Å². The first kappa shape index (κ1) is 36.2. The van der Waals surface area contributed by atoms with E-state index >= 15 is 0 Å². The first-order valence-corrected chi connectivity index (χ1v) is 54.2. The summed E-state index contributed by atoms with van der Waals surface area (Å²) < 4.78 is 1.38. The van der Waals surface area contributed by atoms with Gasteiger partial charge < -0.3 is 0 Å². The SMILES string of the molecule is CC[SiH2][Zr]([Cl])([Cl])([CH2][CH2][Zr]([Cl])([Cl])([SiH2]CC)([CH]1C=Cc2ccccc21)[CH]1C=Cc2ccccc21)([CH]1C=Cc2ccccc21)[CH]1C=Cc2ccccc21. The third kappa shape index (κ3) is 4.98. The minimum atomic E-state index is -5.71. The standard InChI is InChI=1S/4C9H7.2C2H7Si.C2H4.4ClH.2Zr/c4*1-2-5-9-7-3-6-8(9)4-1;2*1-2-3;1-2;;;;;;/h4*1-7H;2*2-3H2,1H3;1-2H2;4*1H;;/q;;;;;;;;;;;2*+2/p-4. The van der Waals surface area contributed by atoms with Crippen LogP contribution in [0, 0.1) is 0 Å². The van der Waals surface area contributed by atoms with Crippen LogP contribution in [0.3, 0.4) is 0 Å². The molecule has 0 aliphatic heterocycles. The van der Waals surface area contributed by atoms with Crippen molar-refractivity contribution in [1.29, 1.82) is 0 Å². The van der Waals surface area contributed by atoms with Crippen molar-refractivity contribution in [1.82, 2.24) is 0 Å². The number of rotatable bonds is 11. The van der Waals surface area contributed by atoms with Crippen molar-refractivity contribution in [2.45, 2.75) is 48.7 Å². The molecule has 0 fully saturated rings. The molecule has 0 amide bonds. The van der Waals surface area contributed by atoms with Crippen LogP contribution in [-0.2, 0) is 28.1 Å². The Labute approximate surface area is 310 Å². The van der Waals surface area contributed by atoms with Gasteiger partial charge in [-0.25, -0.2) is 0 Å². The Bertz CT molecular complexity index is 1910. The molecule has 4 aliphatic carbocycles. The number of fused-ring (bicyclic) bond motifs is 4. The summed E-state index contributed by atoms with van der Waals surface area (Å²) in [7, 11) is 36.7. The van der Waals surface area contributed by atoms with Gasteiger partial charge in [0.05, 0.1) is 0 Å². The molecule has 50 heavy (non-hydrogen) atoms. The molecule has 0 spiro atoms. The van der Waals surface area contributed by atoms with Gasteiger partial charge in [0.15, 0.2) is 0 Å². The van der Waals surface area contributed by atoms with Gasteiger partial charge in [0.1, 0.15) is 0 Å². The first-order chi connectivity index (χ1) is 23.8. The summed E-state index contributed by atoms with van der Waals surface area (Å²) in [4.78, 5) is 0. The predicted octanol–water partition coefficient (Wildman–Crippen LogP) is 13.0. The van der Waals surface area contributed by atoms with Gasteiger partial charge in [-0.2, -0.15) is 0 Å². The third-order valence-electron chi connectivity index (χ3n) is 13.9. The van der Waals surface area contributed by atoms with Crippen molar-refractivity contribution < 1.29 is 28.1 Å². The summed E-state index contributed by atoms with van der Waals surface area (Å²) in [6.45, 7) is 2.51. The van der Waals surface area contributed by atoms with Crippen LogP contribution in [0.5, 0.6) is 0 Å². The fourth-order valence-corrected chi connectivity index (χ4v) is 149. The van der Waals surface area contributed by atoms with Crippen molar-refractivity contribution in [2.75, 3.05) is 0 Å². The fraction of sp³-hybridized carbons (Fsp3) is 0.238. The predicted molar refractivity (Wildman–Crippen MR) is 224 cm³/mol. The van der Waals surface area contributed by atoms with E-state index in [0.29, 0.717) is 0 Å². The van der Waals surface area contributed by atoms with Crippen LogP contribution >= 0.6 is 34.1 Å². The van der Waals surface area contributed by atoms with Gasteiger partial charge in [-0.1, -0.05) is 0 Å². The third-order valence-corrected chi connectivity index (χ3v) is 120. The topological polar surface area (TPSA) is 0 Å². The summed E-state index contributed by atoms with van der Waals surface area (Å²) in [5.74, 6) is 0. The molecule has 4 unspecified atom stereocenters. The second-order valence-corrected chi connectivity index (χ2v) is 122. The molecule has 0 aromatic heterocycles. The van der Waals surface area contributed by atoms with E-state index in [9.17, 15) is 34.1 Å². The Morgan fingerprint density at radius 2 is 0.660 bits per heavy atom. The Morgan fingerprint density at radius 1 is 0.420 bits per heavy atom.